The molecule has 1 aliphatic heterocycles. The van der Waals surface area contributed by atoms with Crippen LogP contribution in [0.5, 0.6) is 0 Å². The number of ether oxygens (including phenoxy) is 2. The first-order valence-electron chi connectivity index (χ1n) is 10.9. The SMILES string of the molecule is O=C(/C=C/CNC(=O)OCC1c2ccccc2-c2ccccc21)NCC1CC(C(=O)O)CO1. The number of fused-ring (bicyclic) bond motifs is 3. The Bertz CT molecular complexity index is 1020. The van der Waals surface area contributed by atoms with Crippen LogP contribution in [0.2, 0.25) is 0 Å². The maximum absolute atomic E-state index is 12.1. The first-order chi connectivity index (χ1) is 16.0. The van der Waals surface area contributed by atoms with Gasteiger partial charge in [-0.2, -0.15) is 0 Å². The molecule has 0 saturated carbocycles. The van der Waals surface area contributed by atoms with Crippen molar-refractivity contribution >= 4 is 18.0 Å². The molecule has 2 unspecified atom stereocenters. The van der Waals surface area contributed by atoms with Crippen molar-refractivity contribution in [2.24, 2.45) is 5.92 Å². The summed E-state index contributed by atoms with van der Waals surface area (Å²) in [5.74, 6) is -1.76. The summed E-state index contributed by atoms with van der Waals surface area (Å²) in [5.41, 5.74) is 4.61. The molecular weight excluding hydrogens is 424 g/mol. The van der Waals surface area contributed by atoms with E-state index in [1.54, 1.807) is 0 Å². The fourth-order valence-corrected chi connectivity index (χ4v) is 4.25. The number of carboxylic acid groups (broad SMARTS) is 1. The van der Waals surface area contributed by atoms with Crippen molar-refractivity contribution in [1.29, 1.82) is 0 Å². The summed E-state index contributed by atoms with van der Waals surface area (Å²) in [6.07, 6.45) is 2.35. The Balaban J connectivity index is 1.18. The molecule has 3 N–H and O–H groups in total. The monoisotopic (exact) mass is 450 g/mol. The van der Waals surface area contributed by atoms with Crippen LogP contribution in [-0.2, 0) is 19.1 Å². The number of carboxylic acids is 1. The number of amides is 2. The fourth-order valence-electron chi connectivity index (χ4n) is 4.25. The third-order valence-electron chi connectivity index (χ3n) is 5.91. The van der Waals surface area contributed by atoms with E-state index < -0.39 is 18.0 Å². The first-order valence-corrected chi connectivity index (χ1v) is 10.9. The van der Waals surface area contributed by atoms with Crippen LogP contribution in [0.3, 0.4) is 0 Å². The van der Waals surface area contributed by atoms with Crippen molar-refractivity contribution in [2.75, 3.05) is 26.3 Å². The van der Waals surface area contributed by atoms with E-state index >= 15 is 0 Å². The average Bonchev–Trinajstić information content (AvgIpc) is 3.42. The van der Waals surface area contributed by atoms with Gasteiger partial charge in [0.15, 0.2) is 0 Å². The lowest BCUT2D eigenvalue weighted by molar-refractivity contribution is -0.141. The van der Waals surface area contributed by atoms with E-state index in [1.165, 1.54) is 12.2 Å². The van der Waals surface area contributed by atoms with Gasteiger partial charge in [0.2, 0.25) is 5.91 Å². The predicted octanol–water partition coefficient (Wildman–Crippen LogP) is 2.69. The Labute approximate surface area is 191 Å². The Morgan fingerprint density at radius 1 is 1.03 bits per heavy atom. The van der Waals surface area contributed by atoms with Gasteiger partial charge >= 0.3 is 12.1 Å². The van der Waals surface area contributed by atoms with E-state index in [4.69, 9.17) is 14.6 Å². The maximum Gasteiger partial charge on any atom is 0.407 e. The smallest absolute Gasteiger partial charge is 0.407 e. The third kappa shape index (κ3) is 5.40. The standard InChI is InChI=1S/C25H26N2O6/c28-23(27-13-17-12-16(14-32-17)24(29)30)10-5-11-26-25(31)33-15-22-20-8-3-1-6-18(20)19-7-2-4-9-21(19)22/h1-10,16-17,22H,11-15H2,(H,26,31)(H,27,28)(H,29,30)/b10-5+. The van der Waals surface area contributed by atoms with E-state index in [0.717, 1.165) is 22.3 Å². The molecular formula is C25H26N2O6. The van der Waals surface area contributed by atoms with Gasteiger partial charge in [0, 0.05) is 25.1 Å². The zero-order chi connectivity index (χ0) is 23.2. The van der Waals surface area contributed by atoms with Gasteiger partial charge in [0.05, 0.1) is 18.6 Å². The van der Waals surface area contributed by atoms with Gasteiger partial charge in [-0.1, -0.05) is 54.6 Å². The number of hydrogen-bond donors (Lipinski definition) is 3. The van der Waals surface area contributed by atoms with E-state index in [9.17, 15) is 14.4 Å². The van der Waals surface area contributed by atoms with Crippen LogP contribution in [0.1, 0.15) is 23.5 Å². The van der Waals surface area contributed by atoms with Crippen molar-refractivity contribution in [1.82, 2.24) is 10.6 Å². The topological polar surface area (TPSA) is 114 Å². The minimum Gasteiger partial charge on any atom is -0.481 e. The molecule has 33 heavy (non-hydrogen) atoms. The number of nitrogens with one attached hydrogen (secondary N) is 2. The summed E-state index contributed by atoms with van der Waals surface area (Å²) in [4.78, 5) is 34.9. The number of carbonyl (C=O) groups excluding carboxylic acids is 2. The molecule has 1 aliphatic carbocycles. The van der Waals surface area contributed by atoms with Gasteiger partial charge in [0.25, 0.3) is 0 Å². The second-order valence-electron chi connectivity index (χ2n) is 8.08. The molecule has 8 nitrogen and oxygen atoms in total. The molecule has 0 aromatic heterocycles. The number of benzene rings is 2. The lowest BCUT2D eigenvalue weighted by Crippen LogP contribution is -2.31. The molecule has 1 fully saturated rings. The molecule has 8 heteroatoms. The van der Waals surface area contributed by atoms with Crippen LogP contribution in [0.15, 0.2) is 60.7 Å². The molecule has 2 aromatic carbocycles. The molecule has 2 aromatic rings. The molecule has 1 saturated heterocycles. The summed E-state index contributed by atoms with van der Waals surface area (Å²) >= 11 is 0. The number of hydrogen-bond acceptors (Lipinski definition) is 5. The number of carbonyl (C=O) groups is 3. The number of aliphatic carboxylic acids is 1. The Morgan fingerprint density at radius 2 is 1.70 bits per heavy atom. The van der Waals surface area contributed by atoms with Crippen LogP contribution in [0.25, 0.3) is 11.1 Å². The molecule has 172 valence electrons. The zero-order valence-electron chi connectivity index (χ0n) is 18.0. The minimum absolute atomic E-state index is 0.0111. The highest BCUT2D eigenvalue weighted by molar-refractivity contribution is 5.87. The largest absolute Gasteiger partial charge is 0.481 e. The van der Waals surface area contributed by atoms with Crippen LogP contribution >= 0.6 is 0 Å². The molecule has 0 spiro atoms. The van der Waals surface area contributed by atoms with Crippen molar-refractivity contribution in [3.8, 4) is 11.1 Å². The summed E-state index contributed by atoms with van der Waals surface area (Å²) in [6, 6.07) is 16.2. The van der Waals surface area contributed by atoms with Gasteiger partial charge in [-0.15, -0.1) is 0 Å². The van der Waals surface area contributed by atoms with Crippen molar-refractivity contribution in [3.05, 3.63) is 71.8 Å². The molecule has 0 radical (unpaired) electrons. The Hall–Kier alpha value is -3.65. The summed E-state index contributed by atoms with van der Waals surface area (Å²) < 4.78 is 10.8. The van der Waals surface area contributed by atoms with Crippen LogP contribution in [-0.4, -0.2) is 55.5 Å². The second kappa shape index (κ2) is 10.3. The van der Waals surface area contributed by atoms with E-state index in [2.05, 4.69) is 34.9 Å². The molecule has 1 heterocycles. The Morgan fingerprint density at radius 3 is 2.33 bits per heavy atom. The van der Waals surface area contributed by atoms with Gasteiger partial charge in [-0.25, -0.2) is 4.79 Å². The van der Waals surface area contributed by atoms with E-state index in [0.29, 0.717) is 6.42 Å². The molecule has 0 bridgehead atoms. The minimum atomic E-state index is -0.886. The second-order valence-corrected chi connectivity index (χ2v) is 8.08. The zero-order valence-corrected chi connectivity index (χ0v) is 18.0. The van der Waals surface area contributed by atoms with Gasteiger partial charge in [-0.3, -0.25) is 9.59 Å². The van der Waals surface area contributed by atoms with Crippen LogP contribution < -0.4 is 10.6 Å². The van der Waals surface area contributed by atoms with Crippen LogP contribution in [0.4, 0.5) is 4.79 Å². The maximum atomic E-state index is 12.1. The number of alkyl carbamates (subject to hydrolysis) is 1. The summed E-state index contributed by atoms with van der Waals surface area (Å²) in [6.45, 7) is 0.774. The van der Waals surface area contributed by atoms with Crippen LogP contribution in [0, 0.1) is 5.92 Å². The van der Waals surface area contributed by atoms with Gasteiger partial charge in [0.1, 0.15) is 6.61 Å². The third-order valence-corrected chi connectivity index (χ3v) is 5.91. The quantitative estimate of drug-likeness (QED) is 0.533. The molecule has 4 rings (SSSR count). The van der Waals surface area contributed by atoms with E-state index in [-0.39, 0.29) is 44.2 Å². The molecule has 2 amide bonds. The normalized spacial score (nSPS) is 19.2. The number of rotatable bonds is 8. The average molecular weight is 450 g/mol. The summed E-state index contributed by atoms with van der Waals surface area (Å²) in [5, 5.41) is 14.2. The molecule has 2 aliphatic rings. The van der Waals surface area contributed by atoms with Gasteiger partial charge in [-0.05, 0) is 28.7 Å². The first kappa shape index (κ1) is 22.5. The highest BCUT2D eigenvalue weighted by Crippen LogP contribution is 2.44. The molecule has 2 atom stereocenters. The highest BCUT2D eigenvalue weighted by Gasteiger charge is 2.31. The van der Waals surface area contributed by atoms with E-state index in [1.807, 2.05) is 24.3 Å². The Kier molecular flexibility index (Phi) is 7.04. The lowest BCUT2D eigenvalue weighted by Gasteiger charge is -2.14. The predicted molar refractivity (Wildman–Crippen MR) is 121 cm³/mol. The summed E-state index contributed by atoms with van der Waals surface area (Å²) in [7, 11) is 0. The lowest BCUT2D eigenvalue weighted by atomic mass is 9.98. The van der Waals surface area contributed by atoms with Crippen molar-refractivity contribution in [2.45, 2.75) is 18.4 Å². The van der Waals surface area contributed by atoms with Crippen molar-refractivity contribution in [3.63, 3.8) is 0 Å². The van der Waals surface area contributed by atoms with Crippen molar-refractivity contribution < 1.29 is 29.0 Å². The highest BCUT2D eigenvalue weighted by atomic mass is 16.5. The fraction of sp³-hybridized carbons (Fsp3) is 0.320. The van der Waals surface area contributed by atoms with Gasteiger partial charge < -0.3 is 25.2 Å².